The van der Waals surface area contributed by atoms with E-state index in [1.807, 2.05) is 49.6 Å². The molecule has 0 atom stereocenters. The number of benzene rings is 1. The molecule has 3 aromatic rings. The van der Waals surface area contributed by atoms with Crippen molar-refractivity contribution < 1.29 is 9.53 Å². The van der Waals surface area contributed by atoms with Crippen LogP contribution in [-0.2, 0) is 17.8 Å². The summed E-state index contributed by atoms with van der Waals surface area (Å²) in [4.78, 5) is 30.4. The van der Waals surface area contributed by atoms with E-state index in [0.29, 0.717) is 13.0 Å². The van der Waals surface area contributed by atoms with E-state index in [2.05, 4.69) is 14.9 Å². The highest BCUT2D eigenvalue weighted by molar-refractivity contribution is 5.79. The molecule has 1 amide bonds. The smallest absolute Gasteiger partial charge is 0.227 e. The van der Waals surface area contributed by atoms with Gasteiger partial charge in [0.25, 0.3) is 0 Å². The van der Waals surface area contributed by atoms with Crippen LogP contribution >= 0.6 is 0 Å². The zero-order valence-corrected chi connectivity index (χ0v) is 18.0. The minimum Gasteiger partial charge on any atom is -0.497 e. The molecule has 2 aromatic heterocycles. The third-order valence-electron chi connectivity index (χ3n) is 5.54. The van der Waals surface area contributed by atoms with Gasteiger partial charge >= 0.3 is 0 Å². The molecular formula is C24H27N5O2. The number of likely N-dealkylation sites (N-methyl/N-ethyl adjacent to an activating group) is 1. The molecule has 7 nitrogen and oxygen atoms in total. The first kappa shape index (κ1) is 20.8. The third-order valence-corrected chi connectivity index (χ3v) is 5.54. The number of methoxy groups -OCH3 is 1. The maximum absolute atomic E-state index is 12.9. The van der Waals surface area contributed by atoms with Gasteiger partial charge in [-0.1, -0.05) is 12.1 Å². The minimum absolute atomic E-state index is 0.0234. The van der Waals surface area contributed by atoms with E-state index in [1.165, 1.54) is 0 Å². The van der Waals surface area contributed by atoms with Gasteiger partial charge in [-0.3, -0.25) is 9.78 Å². The summed E-state index contributed by atoms with van der Waals surface area (Å²) in [6.07, 6.45) is 8.00. The van der Waals surface area contributed by atoms with Crippen molar-refractivity contribution in [1.29, 1.82) is 0 Å². The largest absolute Gasteiger partial charge is 0.497 e. The van der Waals surface area contributed by atoms with Gasteiger partial charge in [-0.2, -0.15) is 0 Å². The van der Waals surface area contributed by atoms with Crippen molar-refractivity contribution in [2.45, 2.75) is 25.8 Å². The van der Waals surface area contributed by atoms with Crippen LogP contribution < -0.4 is 9.64 Å². The molecule has 0 bridgehead atoms. The second-order valence-corrected chi connectivity index (χ2v) is 7.74. The average Bonchev–Trinajstić information content (AvgIpc) is 3.35. The summed E-state index contributed by atoms with van der Waals surface area (Å²) in [7, 11) is 3.44. The Morgan fingerprint density at radius 2 is 1.94 bits per heavy atom. The summed E-state index contributed by atoms with van der Waals surface area (Å²) in [5.41, 5.74) is 3.67. The highest BCUT2D eigenvalue weighted by atomic mass is 16.5. The second kappa shape index (κ2) is 9.55. The molecule has 4 rings (SSSR count). The Morgan fingerprint density at radius 1 is 1.16 bits per heavy atom. The van der Waals surface area contributed by atoms with Crippen molar-refractivity contribution in [2.24, 2.45) is 0 Å². The van der Waals surface area contributed by atoms with Gasteiger partial charge in [0.2, 0.25) is 11.9 Å². The van der Waals surface area contributed by atoms with Crippen LogP contribution in [0.4, 0.5) is 5.95 Å². The van der Waals surface area contributed by atoms with E-state index >= 15 is 0 Å². The van der Waals surface area contributed by atoms with Gasteiger partial charge in [0, 0.05) is 44.3 Å². The number of carbonyl (C=O) groups is 1. The van der Waals surface area contributed by atoms with Gasteiger partial charge in [0.15, 0.2) is 0 Å². The van der Waals surface area contributed by atoms with E-state index in [0.717, 1.165) is 60.0 Å². The molecule has 7 heteroatoms. The maximum atomic E-state index is 12.9. The molecule has 0 aliphatic carbocycles. The van der Waals surface area contributed by atoms with Crippen molar-refractivity contribution in [1.82, 2.24) is 19.9 Å². The summed E-state index contributed by atoms with van der Waals surface area (Å²) in [5.74, 6) is 1.51. The lowest BCUT2D eigenvalue weighted by atomic mass is 10.1. The van der Waals surface area contributed by atoms with Crippen molar-refractivity contribution in [3.05, 3.63) is 66.2 Å². The standard InChI is InChI=1S/C24H27N5O2/c1-28(23(30)15-18-6-5-7-20(14-18)31-2)17-22-21(19-8-10-25-11-9-19)16-26-24(27-22)29-12-3-4-13-29/h5-11,14,16H,3-4,12-13,15,17H2,1-2H3. The second-order valence-electron chi connectivity index (χ2n) is 7.74. The molecule has 0 N–H and O–H groups in total. The normalized spacial score (nSPS) is 13.3. The predicted molar refractivity (Wildman–Crippen MR) is 120 cm³/mol. The van der Waals surface area contributed by atoms with E-state index < -0.39 is 0 Å². The maximum Gasteiger partial charge on any atom is 0.227 e. The van der Waals surface area contributed by atoms with Crippen molar-refractivity contribution in [3.8, 4) is 16.9 Å². The fraction of sp³-hybridized carbons (Fsp3) is 0.333. The molecule has 0 unspecified atom stereocenters. The Kier molecular flexibility index (Phi) is 6.40. The first-order chi connectivity index (χ1) is 15.1. The van der Waals surface area contributed by atoms with Gasteiger partial charge in [-0.25, -0.2) is 9.97 Å². The van der Waals surface area contributed by atoms with E-state index in [1.54, 1.807) is 24.4 Å². The molecule has 0 radical (unpaired) electrons. The Bertz CT molecular complexity index is 1040. The van der Waals surface area contributed by atoms with Crippen molar-refractivity contribution in [3.63, 3.8) is 0 Å². The monoisotopic (exact) mass is 417 g/mol. The van der Waals surface area contributed by atoms with Crippen LogP contribution in [0.1, 0.15) is 24.1 Å². The zero-order valence-electron chi connectivity index (χ0n) is 18.0. The number of carbonyl (C=O) groups excluding carboxylic acids is 1. The quantitative estimate of drug-likeness (QED) is 0.587. The van der Waals surface area contributed by atoms with E-state index in [-0.39, 0.29) is 5.91 Å². The number of ether oxygens (including phenoxy) is 1. The van der Waals surface area contributed by atoms with Gasteiger partial charge in [0.1, 0.15) is 5.75 Å². The zero-order chi connectivity index (χ0) is 21.6. The van der Waals surface area contributed by atoms with Crippen LogP contribution in [0.5, 0.6) is 5.75 Å². The molecule has 1 aliphatic rings. The highest BCUT2D eigenvalue weighted by Gasteiger charge is 2.20. The average molecular weight is 418 g/mol. The van der Waals surface area contributed by atoms with Crippen LogP contribution in [0.3, 0.4) is 0 Å². The lowest BCUT2D eigenvalue weighted by molar-refractivity contribution is -0.129. The Morgan fingerprint density at radius 3 is 2.68 bits per heavy atom. The van der Waals surface area contributed by atoms with Crippen molar-refractivity contribution in [2.75, 3.05) is 32.1 Å². The Balaban J connectivity index is 1.57. The topological polar surface area (TPSA) is 71.5 Å². The number of hydrogen-bond acceptors (Lipinski definition) is 6. The first-order valence-corrected chi connectivity index (χ1v) is 10.5. The molecule has 0 saturated carbocycles. The molecular weight excluding hydrogens is 390 g/mol. The number of rotatable bonds is 7. The van der Waals surface area contributed by atoms with Gasteiger partial charge in [0.05, 0.1) is 25.8 Å². The van der Waals surface area contributed by atoms with Gasteiger partial charge < -0.3 is 14.5 Å². The predicted octanol–water partition coefficient (Wildman–Crippen LogP) is 3.35. The minimum atomic E-state index is 0.0234. The number of pyridine rings is 1. The van der Waals surface area contributed by atoms with Gasteiger partial charge in [-0.15, -0.1) is 0 Å². The number of nitrogens with zero attached hydrogens (tertiary/aromatic N) is 5. The number of anilines is 1. The van der Waals surface area contributed by atoms with Gasteiger partial charge in [-0.05, 0) is 48.2 Å². The fourth-order valence-corrected chi connectivity index (χ4v) is 3.77. The van der Waals surface area contributed by atoms with Crippen LogP contribution in [-0.4, -0.2) is 53.0 Å². The SMILES string of the molecule is COc1cccc(CC(=O)N(C)Cc2nc(N3CCCC3)ncc2-c2ccncc2)c1. The molecule has 3 heterocycles. The van der Waals surface area contributed by atoms with Crippen LogP contribution in [0.25, 0.3) is 11.1 Å². The third kappa shape index (κ3) is 4.99. The van der Waals surface area contributed by atoms with Crippen LogP contribution in [0.15, 0.2) is 55.0 Å². The molecule has 1 aromatic carbocycles. The Labute approximate surface area is 182 Å². The molecule has 1 aliphatic heterocycles. The summed E-state index contributed by atoms with van der Waals surface area (Å²) in [6, 6.07) is 11.5. The fourth-order valence-electron chi connectivity index (χ4n) is 3.77. The van der Waals surface area contributed by atoms with Crippen molar-refractivity contribution >= 4 is 11.9 Å². The number of hydrogen-bond donors (Lipinski definition) is 0. The molecule has 1 fully saturated rings. The Hall–Kier alpha value is -3.48. The van der Waals surface area contributed by atoms with E-state index in [9.17, 15) is 4.79 Å². The summed E-state index contributed by atoms with van der Waals surface area (Å²) < 4.78 is 5.27. The van der Waals surface area contributed by atoms with E-state index in [4.69, 9.17) is 9.72 Å². The number of amides is 1. The summed E-state index contributed by atoms with van der Waals surface area (Å²) >= 11 is 0. The molecule has 31 heavy (non-hydrogen) atoms. The van der Waals surface area contributed by atoms with Crippen LogP contribution in [0.2, 0.25) is 0 Å². The molecule has 1 saturated heterocycles. The highest BCUT2D eigenvalue weighted by Crippen LogP contribution is 2.25. The lowest BCUT2D eigenvalue weighted by Crippen LogP contribution is -2.29. The number of aromatic nitrogens is 3. The molecule has 160 valence electrons. The molecule has 0 spiro atoms. The van der Waals surface area contributed by atoms with Crippen LogP contribution in [0, 0.1) is 0 Å². The lowest BCUT2D eigenvalue weighted by Gasteiger charge is -2.21. The first-order valence-electron chi connectivity index (χ1n) is 10.5. The summed E-state index contributed by atoms with van der Waals surface area (Å²) in [5, 5.41) is 0. The summed E-state index contributed by atoms with van der Waals surface area (Å²) in [6.45, 7) is 2.35.